The second kappa shape index (κ2) is 3.14. The van der Waals surface area contributed by atoms with Gasteiger partial charge in [-0.05, 0) is 32.1 Å². The summed E-state index contributed by atoms with van der Waals surface area (Å²) in [5.41, 5.74) is 0. The molecule has 1 heterocycles. The Morgan fingerprint density at radius 2 is 2.00 bits per heavy atom. The van der Waals surface area contributed by atoms with Gasteiger partial charge in [0.2, 0.25) is 0 Å². The highest BCUT2D eigenvalue weighted by molar-refractivity contribution is 4.84. The van der Waals surface area contributed by atoms with Crippen molar-refractivity contribution in [3.63, 3.8) is 0 Å². The van der Waals surface area contributed by atoms with Crippen LogP contribution in [-0.4, -0.2) is 12.1 Å². The van der Waals surface area contributed by atoms with E-state index in [1.807, 2.05) is 0 Å². The maximum absolute atomic E-state index is 3.69. The van der Waals surface area contributed by atoms with Gasteiger partial charge in [-0.25, -0.2) is 0 Å². The second-order valence-electron chi connectivity index (χ2n) is 4.37. The molecule has 2 unspecified atom stereocenters. The zero-order chi connectivity index (χ0) is 7.68. The first-order valence-corrected chi connectivity index (χ1v) is 5.10. The summed E-state index contributed by atoms with van der Waals surface area (Å²) in [5, 5.41) is 3.69. The van der Waals surface area contributed by atoms with Crippen LogP contribution < -0.4 is 5.32 Å². The molecule has 0 radical (unpaired) electrons. The lowest BCUT2D eigenvalue weighted by molar-refractivity contribution is 0.313. The second-order valence-corrected chi connectivity index (χ2v) is 4.37. The van der Waals surface area contributed by atoms with Crippen molar-refractivity contribution in [3.05, 3.63) is 0 Å². The van der Waals surface area contributed by atoms with Crippen LogP contribution in [0.2, 0.25) is 0 Å². The predicted molar refractivity (Wildman–Crippen MR) is 47.6 cm³/mol. The van der Waals surface area contributed by atoms with Crippen LogP contribution in [0.15, 0.2) is 0 Å². The van der Waals surface area contributed by atoms with Crippen LogP contribution in [0.5, 0.6) is 0 Å². The molecule has 0 spiro atoms. The Hall–Kier alpha value is -0.0400. The molecule has 1 N–H and O–H groups in total. The van der Waals surface area contributed by atoms with Crippen molar-refractivity contribution < 1.29 is 0 Å². The third-order valence-electron chi connectivity index (χ3n) is 3.02. The molecule has 1 saturated carbocycles. The molecule has 1 aliphatic carbocycles. The molecule has 2 atom stereocenters. The standard InChI is InChI=1S/C10H19N/c1-8-3-2-4-10(11-8)7-9-5-6-9/h8-11H,2-7H2,1H3. The van der Waals surface area contributed by atoms with Gasteiger partial charge < -0.3 is 5.32 Å². The average molecular weight is 153 g/mol. The van der Waals surface area contributed by atoms with Gasteiger partial charge in [0.15, 0.2) is 0 Å². The average Bonchev–Trinajstić information content (AvgIpc) is 2.71. The van der Waals surface area contributed by atoms with Crippen LogP contribution >= 0.6 is 0 Å². The van der Waals surface area contributed by atoms with E-state index in [4.69, 9.17) is 0 Å². The maximum Gasteiger partial charge on any atom is 0.00721 e. The van der Waals surface area contributed by atoms with Crippen molar-refractivity contribution in [2.24, 2.45) is 5.92 Å². The molecule has 1 saturated heterocycles. The summed E-state index contributed by atoms with van der Waals surface area (Å²) in [6, 6.07) is 1.65. The van der Waals surface area contributed by atoms with Gasteiger partial charge in [0, 0.05) is 12.1 Å². The molecule has 1 heteroatoms. The molecule has 2 aliphatic rings. The summed E-state index contributed by atoms with van der Waals surface area (Å²) in [7, 11) is 0. The number of nitrogens with one attached hydrogen (secondary N) is 1. The van der Waals surface area contributed by atoms with Crippen molar-refractivity contribution in [1.82, 2.24) is 5.32 Å². The lowest BCUT2D eigenvalue weighted by atomic mass is 9.96. The minimum absolute atomic E-state index is 0.785. The molecule has 0 bridgehead atoms. The van der Waals surface area contributed by atoms with Crippen molar-refractivity contribution in [1.29, 1.82) is 0 Å². The lowest BCUT2D eigenvalue weighted by Gasteiger charge is -2.28. The largest absolute Gasteiger partial charge is 0.311 e. The molecule has 2 rings (SSSR count). The molecule has 1 nitrogen and oxygen atoms in total. The van der Waals surface area contributed by atoms with E-state index in [2.05, 4.69) is 12.2 Å². The van der Waals surface area contributed by atoms with Crippen LogP contribution in [0, 0.1) is 5.92 Å². The molecule has 0 aromatic heterocycles. The van der Waals surface area contributed by atoms with Crippen molar-refractivity contribution in [3.8, 4) is 0 Å². The Balaban J connectivity index is 1.73. The van der Waals surface area contributed by atoms with Gasteiger partial charge in [-0.15, -0.1) is 0 Å². The third-order valence-corrected chi connectivity index (χ3v) is 3.02. The molecule has 1 aliphatic heterocycles. The zero-order valence-corrected chi connectivity index (χ0v) is 7.47. The van der Waals surface area contributed by atoms with Crippen LogP contribution in [0.25, 0.3) is 0 Å². The minimum Gasteiger partial charge on any atom is -0.311 e. The zero-order valence-electron chi connectivity index (χ0n) is 7.47. The topological polar surface area (TPSA) is 12.0 Å². The first kappa shape index (κ1) is 7.60. The number of hydrogen-bond donors (Lipinski definition) is 1. The summed E-state index contributed by atoms with van der Waals surface area (Å²) in [5.74, 6) is 1.10. The first-order valence-electron chi connectivity index (χ1n) is 5.10. The highest BCUT2D eigenvalue weighted by atomic mass is 15.0. The smallest absolute Gasteiger partial charge is 0.00721 e. The van der Waals surface area contributed by atoms with Gasteiger partial charge in [-0.3, -0.25) is 0 Å². The third kappa shape index (κ3) is 2.19. The minimum atomic E-state index is 0.785. The van der Waals surface area contributed by atoms with E-state index in [1.165, 1.54) is 38.5 Å². The fourth-order valence-corrected chi connectivity index (χ4v) is 2.18. The van der Waals surface area contributed by atoms with Crippen LogP contribution in [0.3, 0.4) is 0 Å². The van der Waals surface area contributed by atoms with Crippen LogP contribution in [0.1, 0.15) is 45.4 Å². The lowest BCUT2D eigenvalue weighted by Crippen LogP contribution is -2.40. The highest BCUT2D eigenvalue weighted by Crippen LogP contribution is 2.35. The monoisotopic (exact) mass is 153 g/mol. The Kier molecular flexibility index (Phi) is 2.17. The number of piperidine rings is 1. The molecule has 64 valence electrons. The fraction of sp³-hybridized carbons (Fsp3) is 1.00. The number of rotatable bonds is 2. The fourth-order valence-electron chi connectivity index (χ4n) is 2.18. The molecular formula is C10H19N. The predicted octanol–water partition coefficient (Wildman–Crippen LogP) is 2.32. The molecule has 0 aromatic rings. The Morgan fingerprint density at radius 3 is 2.64 bits per heavy atom. The Labute approximate surface area is 69.6 Å². The molecule has 0 aromatic carbocycles. The van der Waals surface area contributed by atoms with E-state index in [-0.39, 0.29) is 0 Å². The maximum atomic E-state index is 3.69. The van der Waals surface area contributed by atoms with Gasteiger partial charge in [0.05, 0.1) is 0 Å². The summed E-state index contributed by atoms with van der Waals surface area (Å²) in [4.78, 5) is 0. The Morgan fingerprint density at radius 1 is 1.18 bits per heavy atom. The molecule has 0 amide bonds. The summed E-state index contributed by atoms with van der Waals surface area (Å²) in [6.45, 7) is 2.32. The van der Waals surface area contributed by atoms with Gasteiger partial charge >= 0.3 is 0 Å². The van der Waals surface area contributed by atoms with Crippen LogP contribution in [0.4, 0.5) is 0 Å². The Bertz CT molecular complexity index is 127. The van der Waals surface area contributed by atoms with E-state index in [9.17, 15) is 0 Å². The van der Waals surface area contributed by atoms with E-state index >= 15 is 0 Å². The molecule has 11 heavy (non-hydrogen) atoms. The van der Waals surface area contributed by atoms with Crippen molar-refractivity contribution >= 4 is 0 Å². The van der Waals surface area contributed by atoms with Crippen molar-refractivity contribution in [2.45, 2.75) is 57.5 Å². The molecular weight excluding hydrogens is 134 g/mol. The number of hydrogen-bond acceptors (Lipinski definition) is 1. The van der Waals surface area contributed by atoms with Gasteiger partial charge in [0.1, 0.15) is 0 Å². The van der Waals surface area contributed by atoms with Crippen molar-refractivity contribution in [2.75, 3.05) is 0 Å². The first-order chi connectivity index (χ1) is 5.34. The van der Waals surface area contributed by atoms with Gasteiger partial charge in [-0.1, -0.05) is 19.3 Å². The van der Waals surface area contributed by atoms with E-state index in [1.54, 1.807) is 0 Å². The van der Waals surface area contributed by atoms with E-state index in [0.717, 1.165) is 18.0 Å². The van der Waals surface area contributed by atoms with Gasteiger partial charge in [0.25, 0.3) is 0 Å². The van der Waals surface area contributed by atoms with Gasteiger partial charge in [-0.2, -0.15) is 0 Å². The van der Waals surface area contributed by atoms with E-state index < -0.39 is 0 Å². The highest BCUT2D eigenvalue weighted by Gasteiger charge is 2.27. The summed E-state index contributed by atoms with van der Waals surface area (Å²) < 4.78 is 0. The normalized spacial score (nSPS) is 39.0. The SMILES string of the molecule is CC1CCCC(CC2CC2)N1. The summed E-state index contributed by atoms with van der Waals surface area (Å²) >= 11 is 0. The van der Waals surface area contributed by atoms with E-state index in [0.29, 0.717) is 0 Å². The molecule has 2 fully saturated rings. The summed E-state index contributed by atoms with van der Waals surface area (Å²) in [6.07, 6.45) is 8.75. The quantitative estimate of drug-likeness (QED) is 0.642. The van der Waals surface area contributed by atoms with Crippen LogP contribution in [-0.2, 0) is 0 Å².